The van der Waals surface area contributed by atoms with Crippen LogP contribution in [0.5, 0.6) is 0 Å². The van der Waals surface area contributed by atoms with Crippen LogP contribution in [-0.2, 0) is 4.79 Å². The maximum absolute atomic E-state index is 13.9. The molecular weight excluding hydrogens is 344 g/mol. The fourth-order valence-corrected chi connectivity index (χ4v) is 3.93. The van der Waals surface area contributed by atoms with E-state index in [9.17, 15) is 13.6 Å². The highest BCUT2D eigenvalue weighted by Crippen LogP contribution is 2.43. The molecule has 0 bridgehead atoms. The number of carbonyl (C=O) groups is 1. The van der Waals surface area contributed by atoms with Gasteiger partial charge in [0.1, 0.15) is 5.03 Å². The van der Waals surface area contributed by atoms with Crippen molar-refractivity contribution < 1.29 is 13.6 Å². The van der Waals surface area contributed by atoms with Crippen molar-refractivity contribution in [3.05, 3.63) is 18.3 Å². The van der Waals surface area contributed by atoms with Crippen molar-refractivity contribution in [2.75, 3.05) is 5.32 Å². The molecule has 0 aromatic carbocycles. The SMILES string of the molecule is CCC(CC)CC1CCC(F)(F)C[C@H]1C(=O)Nc1ccnc(SN)c1. The number of hydrogen-bond acceptors (Lipinski definition) is 4. The van der Waals surface area contributed by atoms with Crippen LogP contribution in [-0.4, -0.2) is 16.8 Å². The predicted octanol–water partition coefficient (Wildman–Crippen LogP) is 4.86. The highest BCUT2D eigenvalue weighted by molar-refractivity contribution is 7.97. The van der Waals surface area contributed by atoms with Gasteiger partial charge in [-0.1, -0.05) is 26.7 Å². The van der Waals surface area contributed by atoms with E-state index in [4.69, 9.17) is 5.14 Å². The second kappa shape index (κ2) is 8.94. The van der Waals surface area contributed by atoms with Crippen molar-refractivity contribution in [2.24, 2.45) is 22.9 Å². The molecule has 2 atom stereocenters. The molecule has 3 N–H and O–H groups in total. The van der Waals surface area contributed by atoms with Gasteiger partial charge in [0.15, 0.2) is 0 Å². The summed E-state index contributed by atoms with van der Waals surface area (Å²) in [5.74, 6) is -3.26. The Morgan fingerprint density at radius 3 is 2.84 bits per heavy atom. The minimum atomic E-state index is -2.76. The fourth-order valence-electron chi connectivity index (χ4n) is 3.61. The first-order valence-electron chi connectivity index (χ1n) is 8.90. The van der Waals surface area contributed by atoms with Crippen molar-refractivity contribution in [2.45, 2.75) is 63.3 Å². The van der Waals surface area contributed by atoms with E-state index in [0.29, 0.717) is 23.1 Å². The van der Waals surface area contributed by atoms with Crippen LogP contribution in [0.3, 0.4) is 0 Å². The van der Waals surface area contributed by atoms with Gasteiger partial charge in [0.2, 0.25) is 11.8 Å². The van der Waals surface area contributed by atoms with E-state index in [1.54, 1.807) is 18.3 Å². The minimum Gasteiger partial charge on any atom is -0.326 e. The second-order valence-corrected chi connectivity index (χ2v) is 7.53. The van der Waals surface area contributed by atoms with Gasteiger partial charge in [-0.15, -0.1) is 0 Å². The number of pyridine rings is 1. The molecule has 1 unspecified atom stereocenters. The first-order chi connectivity index (χ1) is 11.9. The van der Waals surface area contributed by atoms with Gasteiger partial charge in [0, 0.05) is 30.6 Å². The number of nitrogens with zero attached hydrogens (tertiary/aromatic N) is 1. The summed E-state index contributed by atoms with van der Waals surface area (Å²) in [5.41, 5.74) is 0.545. The molecule has 1 aliphatic rings. The molecule has 25 heavy (non-hydrogen) atoms. The molecule has 1 amide bonds. The zero-order valence-electron chi connectivity index (χ0n) is 14.8. The van der Waals surface area contributed by atoms with E-state index in [1.165, 1.54) is 0 Å². The molecule has 0 spiro atoms. The van der Waals surface area contributed by atoms with Gasteiger partial charge >= 0.3 is 0 Å². The lowest BCUT2D eigenvalue weighted by molar-refractivity contribution is -0.132. The molecule has 140 valence electrons. The third kappa shape index (κ3) is 5.64. The minimum absolute atomic E-state index is 0.00900. The zero-order valence-corrected chi connectivity index (χ0v) is 15.6. The molecule has 0 saturated heterocycles. The molecule has 0 radical (unpaired) electrons. The van der Waals surface area contributed by atoms with Gasteiger partial charge in [-0.05, 0) is 48.8 Å². The number of alkyl halides is 2. The Balaban J connectivity index is 2.12. The molecule has 1 heterocycles. The highest BCUT2D eigenvalue weighted by Gasteiger charge is 2.44. The van der Waals surface area contributed by atoms with E-state index in [1.807, 2.05) is 0 Å². The lowest BCUT2D eigenvalue weighted by atomic mass is 9.72. The Bertz CT molecular complexity index is 581. The van der Waals surface area contributed by atoms with Gasteiger partial charge < -0.3 is 5.32 Å². The summed E-state index contributed by atoms with van der Waals surface area (Å²) >= 11 is 0.978. The fraction of sp³-hybridized carbons (Fsp3) is 0.667. The molecule has 2 rings (SSSR count). The molecule has 1 fully saturated rings. The van der Waals surface area contributed by atoms with Crippen LogP contribution >= 0.6 is 11.9 Å². The number of aromatic nitrogens is 1. The molecule has 1 aromatic heterocycles. The van der Waals surface area contributed by atoms with E-state index >= 15 is 0 Å². The van der Waals surface area contributed by atoms with Crippen molar-refractivity contribution in [3.63, 3.8) is 0 Å². The number of halogens is 2. The first-order valence-corrected chi connectivity index (χ1v) is 9.78. The van der Waals surface area contributed by atoms with Crippen LogP contribution in [0.1, 0.15) is 52.4 Å². The third-order valence-electron chi connectivity index (χ3n) is 5.22. The van der Waals surface area contributed by atoms with Crippen molar-refractivity contribution in [1.82, 2.24) is 4.98 Å². The molecule has 1 aromatic rings. The van der Waals surface area contributed by atoms with Gasteiger partial charge in [-0.25, -0.2) is 13.8 Å². The van der Waals surface area contributed by atoms with Gasteiger partial charge in [0.25, 0.3) is 0 Å². The Labute approximate surface area is 152 Å². The highest BCUT2D eigenvalue weighted by atomic mass is 32.2. The number of nitrogens with one attached hydrogen (secondary N) is 1. The van der Waals surface area contributed by atoms with E-state index in [-0.39, 0.29) is 24.7 Å². The number of carbonyl (C=O) groups excluding carboxylic acids is 1. The Morgan fingerprint density at radius 2 is 2.20 bits per heavy atom. The summed E-state index contributed by atoms with van der Waals surface area (Å²) in [7, 11) is 0. The molecular formula is C18H27F2N3OS. The van der Waals surface area contributed by atoms with Crippen molar-refractivity contribution >= 4 is 23.5 Å². The van der Waals surface area contributed by atoms with Crippen LogP contribution in [0.4, 0.5) is 14.5 Å². The number of amides is 1. The topological polar surface area (TPSA) is 68.0 Å². The first kappa shape index (κ1) is 20.1. The van der Waals surface area contributed by atoms with Crippen LogP contribution in [0, 0.1) is 17.8 Å². The zero-order chi connectivity index (χ0) is 18.4. The summed E-state index contributed by atoms with van der Waals surface area (Å²) in [6, 6.07) is 3.30. The number of hydrogen-bond donors (Lipinski definition) is 2. The van der Waals surface area contributed by atoms with E-state index in [2.05, 4.69) is 24.1 Å². The molecule has 1 saturated carbocycles. The van der Waals surface area contributed by atoms with E-state index < -0.39 is 11.8 Å². The second-order valence-electron chi connectivity index (χ2n) is 6.87. The van der Waals surface area contributed by atoms with Crippen molar-refractivity contribution in [1.29, 1.82) is 0 Å². The smallest absolute Gasteiger partial charge is 0.248 e. The average molecular weight is 371 g/mol. The number of nitrogens with two attached hydrogens (primary N) is 1. The predicted molar refractivity (Wildman–Crippen MR) is 97.4 cm³/mol. The van der Waals surface area contributed by atoms with Crippen LogP contribution in [0.15, 0.2) is 23.4 Å². The van der Waals surface area contributed by atoms with Crippen LogP contribution < -0.4 is 10.5 Å². The van der Waals surface area contributed by atoms with Gasteiger partial charge in [0.05, 0.1) is 0 Å². The Kier molecular flexibility index (Phi) is 7.19. The summed E-state index contributed by atoms with van der Waals surface area (Å²) in [4.78, 5) is 16.8. The van der Waals surface area contributed by atoms with Crippen LogP contribution in [0.25, 0.3) is 0 Å². The normalized spacial score (nSPS) is 22.8. The lowest BCUT2D eigenvalue weighted by Gasteiger charge is -2.36. The molecule has 4 nitrogen and oxygen atoms in total. The summed E-state index contributed by atoms with van der Waals surface area (Å²) in [6.45, 7) is 4.23. The lowest BCUT2D eigenvalue weighted by Crippen LogP contribution is -2.40. The summed E-state index contributed by atoms with van der Waals surface area (Å²) in [5, 5.41) is 8.83. The van der Waals surface area contributed by atoms with Crippen molar-refractivity contribution in [3.8, 4) is 0 Å². The quantitative estimate of drug-likeness (QED) is 0.672. The maximum Gasteiger partial charge on any atom is 0.248 e. The largest absolute Gasteiger partial charge is 0.326 e. The summed E-state index contributed by atoms with van der Waals surface area (Å²) < 4.78 is 27.9. The molecule has 1 aliphatic carbocycles. The molecule has 0 aliphatic heterocycles. The average Bonchev–Trinajstić information content (AvgIpc) is 2.60. The number of rotatable bonds is 7. The standard InChI is InChI=1S/C18H27F2N3OS/c1-3-12(4-2)9-13-5-7-18(19,20)11-15(13)17(24)23-14-6-8-22-16(10-14)25-21/h6,8,10,12-13,15H,3-5,7,9,11,21H2,1-2H3,(H,22,23,24)/t13?,15-/m1/s1. The monoisotopic (exact) mass is 371 g/mol. The number of anilines is 1. The Hall–Kier alpha value is -1.21. The maximum atomic E-state index is 13.9. The third-order valence-corrected chi connectivity index (χ3v) is 5.68. The van der Waals surface area contributed by atoms with Crippen LogP contribution in [0.2, 0.25) is 0 Å². The molecule has 7 heteroatoms. The van der Waals surface area contributed by atoms with E-state index in [0.717, 1.165) is 31.2 Å². The van der Waals surface area contributed by atoms with Gasteiger partial charge in [-0.2, -0.15) is 0 Å². The Morgan fingerprint density at radius 1 is 1.48 bits per heavy atom. The summed E-state index contributed by atoms with van der Waals surface area (Å²) in [6.07, 6.45) is 4.32. The van der Waals surface area contributed by atoms with Gasteiger partial charge in [-0.3, -0.25) is 9.93 Å².